The number of amides is 2. The smallest absolute Gasteiger partial charge is 0.308 e. The van der Waals surface area contributed by atoms with E-state index in [2.05, 4.69) is 15.6 Å². The third-order valence-corrected chi connectivity index (χ3v) is 2.80. The van der Waals surface area contributed by atoms with E-state index in [4.69, 9.17) is 11.6 Å². The van der Waals surface area contributed by atoms with Gasteiger partial charge in [0.25, 0.3) is 0 Å². The fourth-order valence-electron chi connectivity index (χ4n) is 1.55. The Labute approximate surface area is 122 Å². The first-order valence-corrected chi connectivity index (χ1v) is 6.09. The number of nitrogens with one attached hydrogen (secondary N) is 2. The molecule has 2 rings (SSSR count). The summed E-state index contributed by atoms with van der Waals surface area (Å²) < 4.78 is 38.1. The standard InChI is InChI=1S/C13H9ClF3N3O/c14-11-2-1-9(7-10(11)13(15,16)17)20-12(21)19-8-3-5-18-6-4-8/h1-7H,(H2,18,19,20,21). The van der Waals surface area contributed by atoms with Crippen molar-refractivity contribution in [1.29, 1.82) is 0 Å². The van der Waals surface area contributed by atoms with Crippen molar-refractivity contribution in [3.63, 3.8) is 0 Å². The second-order valence-electron chi connectivity index (χ2n) is 4.01. The van der Waals surface area contributed by atoms with Crippen molar-refractivity contribution in [3.05, 3.63) is 53.3 Å². The quantitative estimate of drug-likeness (QED) is 0.863. The highest BCUT2D eigenvalue weighted by molar-refractivity contribution is 6.31. The molecule has 0 saturated carbocycles. The lowest BCUT2D eigenvalue weighted by Crippen LogP contribution is -2.19. The third kappa shape index (κ3) is 4.09. The number of urea groups is 1. The van der Waals surface area contributed by atoms with Gasteiger partial charge in [-0.25, -0.2) is 4.79 Å². The second kappa shape index (κ2) is 6.01. The lowest BCUT2D eigenvalue weighted by atomic mass is 10.2. The molecule has 4 nitrogen and oxygen atoms in total. The topological polar surface area (TPSA) is 54.0 Å². The van der Waals surface area contributed by atoms with Gasteiger partial charge in [0.15, 0.2) is 0 Å². The lowest BCUT2D eigenvalue weighted by molar-refractivity contribution is -0.137. The number of alkyl halides is 3. The maximum absolute atomic E-state index is 12.7. The number of nitrogens with zero attached hydrogens (tertiary/aromatic N) is 1. The molecule has 0 aliphatic rings. The minimum Gasteiger partial charge on any atom is -0.308 e. The van der Waals surface area contributed by atoms with Crippen molar-refractivity contribution in [2.24, 2.45) is 0 Å². The second-order valence-corrected chi connectivity index (χ2v) is 4.41. The highest BCUT2D eigenvalue weighted by atomic mass is 35.5. The van der Waals surface area contributed by atoms with E-state index in [1.54, 1.807) is 12.1 Å². The predicted octanol–water partition coefficient (Wildman–Crippen LogP) is 4.40. The number of pyridine rings is 1. The molecule has 0 aliphatic heterocycles. The first-order chi connectivity index (χ1) is 9.86. The van der Waals surface area contributed by atoms with Crippen LogP contribution in [0.1, 0.15) is 5.56 Å². The summed E-state index contributed by atoms with van der Waals surface area (Å²) in [6, 6.07) is 5.55. The van der Waals surface area contributed by atoms with Crippen molar-refractivity contribution < 1.29 is 18.0 Å². The highest BCUT2D eigenvalue weighted by Gasteiger charge is 2.33. The van der Waals surface area contributed by atoms with Gasteiger partial charge < -0.3 is 10.6 Å². The molecule has 0 saturated heterocycles. The monoisotopic (exact) mass is 315 g/mol. The summed E-state index contributed by atoms with van der Waals surface area (Å²) in [4.78, 5) is 15.4. The minimum absolute atomic E-state index is 0.0155. The van der Waals surface area contributed by atoms with E-state index in [-0.39, 0.29) is 5.69 Å². The predicted molar refractivity (Wildman–Crippen MR) is 73.3 cm³/mol. The van der Waals surface area contributed by atoms with Crippen LogP contribution < -0.4 is 10.6 Å². The average Bonchev–Trinajstić information content (AvgIpc) is 2.41. The van der Waals surface area contributed by atoms with Gasteiger partial charge in [0.1, 0.15) is 0 Å². The maximum Gasteiger partial charge on any atom is 0.417 e. The Morgan fingerprint density at radius 1 is 1.05 bits per heavy atom. The molecular formula is C13H9ClF3N3O. The molecule has 0 fully saturated rings. The number of halogens is 4. The van der Waals surface area contributed by atoms with Gasteiger partial charge in [-0.3, -0.25) is 4.98 Å². The first kappa shape index (κ1) is 15.1. The molecule has 110 valence electrons. The number of anilines is 2. The lowest BCUT2D eigenvalue weighted by Gasteiger charge is -2.12. The van der Waals surface area contributed by atoms with E-state index in [1.807, 2.05) is 0 Å². The number of benzene rings is 1. The van der Waals surface area contributed by atoms with Crippen LogP contribution in [-0.4, -0.2) is 11.0 Å². The van der Waals surface area contributed by atoms with Crippen LogP contribution in [0, 0.1) is 0 Å². The zero-order valence-electron chi connectivity index (χ0n) is 10.4. The number of hydrogen-bond donors (Lipinski definition) is 2. The van der Waals surface area contributed by atoms with Gasteiger partial charge >= 0.3 is 12.2 Å². The van der Waals surface area contributed by atoms with E-state index < -0.39 is 22.8 Å². The SMILES string of the molecule is O=C(Nc1ccncc1)Nc1ccc(Cl)c(C(F)(F)F)c1. The summed E-state index contributed by atoms with van der Waals surface area (Å²) in [7, 11) is 0. The van der Waals surface area contributed by atoms with Crippen LogP contribution in [0.15, 0.2) is 42.7 Å². The van der Waals surface area contributed by atoms with Crippen molar-refractivity contribution in [2.45, 2.75) is 6.18 Å². The van der Waals surface area contributed by atoms with Gasteiger partial charge in [0, 0.05) is 23.8 Å². The van der Waals surface area contributed by atoms with E-state index in [1.165, 1.54) is 18.5 Å². The van der Waals surface area contributed by atoms with Crippen LogP contribution in [0.4, 0.5) is 29.3 Å². The van der Waals surface area contributed by atoms with Crippen LogP contribution in [0.2, 0.25) is 5.02 Å². The van der Waals surface area contributed by atoms with Crippen molar-refractivity contribution >= 4 is 29.0 Å². The molecule has 0 aliphatic carbocycles. The fraction of sp³-hybridized carbons (Fsp3) is 0.0769. The number of carbonyl (C=O) groups excluding carboxylic acids is 1. The van der Waals surface area contributed by atoms with Crippen LogP contribution in [0.5, 0.6) is 0 Å². The van der Waals surface area contributed by atoms with Crippen molar-refractivity contribution in [3.8, 4) is 0 Å². The van der Waals surface area contributed by atoms with Crippen molar-refractivity contribution in [2.75, 3.05) is 10.6 Å². The summed E-state index contributed by atoms with van der Waals surface area (Å²) >= 11 is 5.49. The number of aromatic nitrogens is 1. The summed E-state index contributed by atoms with van der Waals surface area (Å²) in [6.45, 7) is 0. The van der Waals surface area contributed by atoms with Gasteiger partial charge in [0.05, 0.1) is 10.6 Å². The van der Waals surface area contributed by atoms with Gasteiger partial charge in [-0.05, 0) is 30.3 Å². The Bertz CT molecular complexity index is 647. The Balaban J connectivity index is 2.11. The van der Waals surface area contributed by atoms with Crippen molar-refractivity contribution in [1.82, 2.24) is 4.98 Å². The number of hydrogen-bond acceptors (Lipinski definition) is 2. The molecular weight excluding hydrogens is 307 g/mol. The average molecular weight is 316 g/mol. The number of rotatable bonds is 2. The van der Waals surface area contributed by atoms with E-state index in [0.717, 1.165) is 12.1 Å². The molecule has 2 aromatic rings. The van der Waals surface area contributed by atoms with Gasteiger partial charge in [-0.15, -0.1) is 0 Å². The zero-order valence-corrected chi connectivity index (χ0v) is 11.2. The van der Waals surface area contributed by atoms with Crippen LogP contribution >= 0.6 is 11.6 Å². The highest BCUT2D eigenvalue weighted by Crippen LogP contribution is 2.36. The van der Waals surface area contributed by atoms with Crippen LogP contribution in [0.3, 0.4) is 0 Å². The minimum atomic E-state index is -4.59. The molecule has 0 unspecified atom stereocenters. The Morgan fingerprint density at radius 2 is 1.67 bits per heavy atom. The molecule has 2 N–H and O–H groups in total. The van der Waals surface area contributed by atoms with E-state index in [9.17, 15) is 18.0 Å². The molecule has 8 heteroatoms. The van der Waals surface area contributed by atoms with Crippen LogP contribution in [0.25, 0.3) is 0 Å². The maximum atomic E-state index is 12.7. The fourth-order valence-corrected chi connectivity index (χ4v) is 1.77. The molecule has 1 aromatic carbocycles. The molecule has 2 amide bonds. The Morgan fingerprint density at radius 3 is 2.29 bits per heavy atom. The molecule has 0 atom stereocenters. The zero-order chi connectivity index (χ0) is 15.5. The summed E-state index contributed by atoms with van der Waals surface area (Å²) in [5.74, 6) is 0. The number of carbonyl (C=O) groups is 1. The molecule has 21 heavy (non-hydrogen) atoms. The molecule has 0 radical (unpaired) electrons. The molecule has 0 spiro atoms. The summed E-state index contributed by atoms with van der Waals surface area (Å²) in [5.41, 5.74) is -0.559. The van der Waals surface area contributed by atoms with Gasteiger partial charge in [-0.1, -0.05) is 11.6 Å². The van der Waals surface area contributed by atoms with E-state index in [0.29, 0.717) is 5.69 Å². The largest absolute Gasteiger partial charge is 0.417 e. The molecule has 1 heterocycles. The molecule has 1 aromatic heterocycles. The summed E-state index contributed by atoms with van der Waals surface area (Å²) in [6.07, 6.45) is -1.64. The summed E-state index contributed by atoms with van der Waals surface area (Å²) in [5, 5.41) is 4.33. The Hall–Kier alpha value is -2.28. The van der Waals surface area contributed by atoms with Crippen LogP contribution in [-0.2, 0) is 6.18 Å². The van der Waals surface area contributed by atoms with Gasteiger partial charge in [-0.2, -0.15) is 13.2 Å². The van der Waals surface area contributed by atoms with Gasteiger partial charge in [0.2, 0.25) is 0 Å². The third-order valence-electron chi connectivity index (χ3n) is 2.47. The Kier molecular flexibility index (Phi) is 4.32. The normalized spacial score (nSPS) is 11.0. The van der Waals surface area contributed by atoms with E-state index >= 15 is 0 Å². The first-order valence-electron chi connectivity index (χ1n) is 5.71. The molecule has 0 bridgehead atoms.